The van der Waals surface area contributed by atoms with Crippen molar-refractivity contribution in [2.75, 3.05) is 27.2 Å². The summed E-state index contributed by atoms with van der Waals surface area (Å²) in [5.41, 5.74) is 1.70. The molecule has 0 unspecified atom stereocenters. The molecule has 7 heteroatoms. The highest BCUT2D eigenvalue weighted by Gasteiger charge is 2.25. The van der Waals surface area contributed by atoms with E-state index >= 15 is 0 Å². The molecule has 1 heterocycles. The van der Waals surface area contributed by atoms with E-state index in [1.165, 1.54) is 0 Å². The van der Waals surface area contributed by atoms with Crippen LogP contribution in [0.3, 0.4) is 0 Å². The number of likely N-dealkylation sites (N-methyl/N-ethyl adjacent to an activating group) is 1. The number of halogens is 1. The third kappa shape index (κ3) is 4.10. The fourth-order valence-corrected chi connectivity index (χ4v) is 2.51. The Kier molecular flexibility index (Phi) is 6.01. The smallest absolute Gasteiger partial charge is 0.442 e. The van der Waals surface area contributed by atoms with Gasteiger partial charge in [-0.3, -0.25) is 10.1 Å². The van der Waals surface area contributed by atoms with Gasteiger partial charge in [0.1, 0.15) is 28.4 Å². The van der Waals surface area contributed by atoms with Gasteiger partial charge in [-0.25, -0.2) is 0 Å². The molecule has 25 heavy (non-hydrogen) atoms. The maximum Gasteiger partial charge on any atom is 0.442 e. The zero-order valence-corrected chi connectivity index (χ0v) is 14.8. The van der Waals surface area contributed by atoms with Crippen molar-refractivity contribution in [1.29, 1.82) is 0 Å². The van der Waals surface area contributed by atoms with Gasteiger partial charge >= 0.3 is 5.88 Å². The van der Waals surface area contributed by atoms with Crippen LogP contribution in [0.15, 0.2) is 52.9 Å². The quantitative estimate of drug-likeness (QED) is 0.481. The topological polar surface area (TPSA) is 68.8 Å². The van der Waals surface area contributed by atoms with E-state index in [0.717, 1.165) is 12.1 Å². The van der Waals surface area contributed by atoms with Crippen molar-refractivity contribution < 1.29 is 14.1 Å². The number of nitro groups is 1. The van der Waals surface area contributed by atoms with Crippen LogP contribution < -0.4 is 4.74 Å². The average Bonchev–Trinajstić information content (AvgIpc) is 2.94. The van der Waals surface area contributed by atoms with Crippen LogP contribution in [0, 0.1) is 10.1 Å². The average molecular weight is 363 g/mol. The van der Waals surface area contributed by atoms with Gasteiger partial charge in [-0.1, -0.05) is 30.3 Å². The molecule has 0 saturated heterocycles. The van der Waals surface area contributed by atoms with E-state index in [1.54, 1.807) is 12.1 Å². The highest BCUT2D eigenvalue weighted by atomic mass is 35.5. The predicted molar refractivity (Wildman–Crippen MR) is 99.6 cm³/mol. The second-order valence-corrected chi connectivity index (χ2v) is 5.72. The molecule has 3 rings (SSSR count). The summed E-state index contributed by atoms with van der Waals surface area (Å²) in [6.45, 7) is 1.32. The van der Waals surface area contributed by atoms with Crippen molar-refractivity contribution in [3.05, 3.63) is 58.6 Å². The van der Waals surface area contributed by atoms with Crippen molar-refractivity contribution >= 4 is 29.3 Å². The van der Waals surface area contributed by atoms with Crippen LogP contribution in [0.4, 0.5) is 5.88 Å². The third-order valence-corrected chi connectivity index (χ3v) is 3.68. The fourth-order valence-electron chi connectivity index (χ4n) is 2.51. The van der Waals surface area contributed by atoms with Crippen LogP contribution in [-0.2, 0) is 0 Å². The SMILES string of the molecule is CN(C)CCOc1ccc2c(-c3ccccc3)c([N+](=O)[O-])oc2c1.Cl. The summed E-state index contributed by atoms with van der Waals surface area (Å²) < 4.78 is 11.2. The maximum absolute atomic E-state index is 11.4. The van der Waals surface area contributed by atoms with Gasteiger partial charge < -0.3 is 14.1 Å². The highest BCUT2D eigenvalue weighted by Crippen LogP contribution is 2.40. The molecule has 0 N–H and O–H groups in total. The van der Waals surface area contributed by atoms with Gasteiger partial charge in [-0.05, 0) is 31.8 Å². The van der Waals surface area contributed by atoms with E-state index in [9.17, 15) is 10.1 Å². The van der Waals surface area contributed by atoms with Gasteiger partial charge in [0.2, 0.25) is 0 Å². The van der Waals surface area contributed by atoms with Gasteiger partial charge in [0.25, 0.3) is 0 Å². The molecule has 0 aliphatic rings. The zero-order valence-electron chi connectivity index (χ0n) is 14.0. The van der Waals surface area contributed by atoms with Gasteiger partial charge in [-0.2, -0.15) is 0 Å². The largest absolute Gasteiger partial charge is 0.492 e. The van der Waals surface area contributed by atoms with Crippen LogP contribution in [0.2, 0.25) is 0 Å². The normalized spacial score (nSPS) is 10.7. The molecule has 3 aromatic rings. The summed E-state index contributed by atoms with van der Waals surface area (Å²) >= 11 is 0. The maximum atomic E-state index is 11.4. The highest BCUT2D eigenvalue weighted by molar-refractivity contribution is 5.99. The number of fused-ring (bicyclic) bond motifs is 1. The molecule has 0 radical (unpaired) electrons. The lowest BCUT2D eigenvalue weighted by atomic mass is 10.0. The van der Waals surface area contributed by atoms with Crippen LogP contribution >= 0.6 is 12.4 Å². The molecule has 0 atom stereocenters. The Morgan fingerprint density at radius 2 is 1.88 bits per heavy atom. The Balaban J connectivity index is 0.00000225. The first kappa shape index (κ1) is 18.8. The first-order chi connectivity index (χ1) is 11.6. The van der Waals surface area contributed by atoms with Crippen molar-refractivity contribution in [3.63, 3.8) is 0 Å². The number of rotatable bonds is 6. The molecule has 0 saturated carbocycles. The lowest BCUT2D eigenvalue weighted by Crippen LogP contribution is -2.19. The van der Waals surface area contributed by atoms with Crippen LogP contribution in [0.25, 0.3) is 22.1 Å². The molecule has 6 nitrogen and oxygen atoms in total. The first-order valence-electron chi connectivity index (χ1n) is 7.60. The van der Waals surface area contributed by atoms with Gasteiger partial charge in [0.15, 0.2) is 0 Å². The molecule has 1 aromatic heterocycles. The standard InChI is InChI=1S/C18H18N2O4.ClH/c1-19(2)10-11-23-14-8-9-15-16(12-14)24-18(20(21)22)17(15)13-6-4-3-5-7-13;/h3-9,12H,10-11H2,1-2H3;1H. The minimum Gasteiger partial charge on any atom is -0.492 e. The summed E-state index contributed by atoms with van der Waals surface area (Å²) in [6, 6.07) is 14.5. The molecule has 0 aliphatic heterocycles. The zero-order chi connectivity index (χ0) is 17.1. The fraction of sp³-hybridized carbons (Fsp3) is 0.222. The van der Waals surface area contributed by atoms with Crippen molar-refractivity contribution in [1.82, 2.24) is 4.90 Å². The van der Waals surface area contributed by atoms with Gasteiger partial charge in [0.05, 0.1) is 0 Å². The van der Waals surface area contributed by atoms with Crippen LogP contribution in [0.5, 0.6) is 5.75 Å². The Morgan fingerprint density at radius 3 is 2.52 bits per heavy atom. The second-order valence-electron chi connectivity index (χ2n) is 5.72. The van der Waals surface area contributed by atoms with E-state index in [1.807, 2.05) is 55.4 Å². The summed E-state index contributed by atoms with van der Waals surface area (Å²) in [4.78, 5) is 12.9. The summed E-state index contributed by atoms with van der Waals surface area (Å²) in [5.74, 6) is 0.384. The number of ether oxygens (including phenoxy) is 1. The first-order valence-corrected chi connectivity index (χ1v) is 7.60. The minimum atomic E-state index is -0.491. The van der Waals surface area contributed by atoms with Crippen molar-refractivity contribution in [2.24, 2.45) is 0 Å². The molecule has 132 valence electrons. The van der Waals surface area contributed by atoms with E-state index in [-0.39, 0.29) is 18.3 Å². The third-order valence-electron chi connectivity index (χ3n) is 3.68. The Morgan fingerprint density at radius 1 is 1.16 bits per heavy atom. The molecule has 0 bridgehead atoms. The molecule has 0 amide bonds. The lowest BCUT2D eigenvalue weighted by Gasteiger charge is -2.10. The number of benzene rings is 2. The van der Waals surface area contributed by atoms with Crippen molar-refractivity contribution in [2.45, 2.75) is 0 Å². The van der Waals surface area contributed by atoms with Gasteiger partial charge in [-0.15, -0.1) is 12.4 Å². The second kappa shape index (κ2) is 8.00. The Labute approximate surface area is 151 Å². The molecule has 0 spiro atoms. The minimum absolute atomic E-state index is 0. The summed E-state index contributed by atoms with van der Waals surface area (Å²) in [5, 5.41) is 12.1. The van der Waals surface area contributed by atoms with E-state index in [2.05, 4.69) is 0 Å². The lowest BCUT2D eigenvalue weighted by molar-refractivity contribution is -0.400. The predicted octanol–water partition coefficient (Wildman–Crippen LogP) is 4.37. The molecular formula is C18H19ClN2O4. The summed E-state index contributed by atoms with van der Waals surface area (Å²) in [6.07, 6.45) is 0. The molecular weight excluding hydrogens is 344 g/mol. The molecule has 2 aromatic carbocycles. The molecule has 0 fully saturated rings. The Hall–Kier alpha value is -2.57. The van der Waals surface area contributed by atoms with E-state index in [4.69, 9.17) is 9.15 Å². The Bertz CT molecular complexity index is 862. The number of furan rings is 1. The monoisotopic (exact) mass is 362 g/mol. The van der Waals surface area contributed by atoms with E-state index in [0.29, 0.717) is 28.9 Å². The van der Waals surface area contributed by atoms with Gasteiger partial charge in [0, 0.05) is 18.0 Å². The van der Waals surface area contributed by atoms with Crippen LogP contribution in [-0.4, -0.2) is 37.1 Å². The number of nitrogens with zero attached hydrogens (tertiary/aromatic N) is 2. The van der Waals surface area contributed by atoms with Crippen LogP contribution in [0.1, 0.15) is 0 Å². The van der Waals surface area contributed by atoms with E-state index < -0.39 is 4.92 Å². The van der Waals surface area contributed by atoms with Crippen molar-refractivity contribution in [3.8, 4) is 16.9 Å². The number of hydrogen-bond donors (Lipinski definition) is 0. The molecule has 0 aliphatic carbocycles. The summed E-state index contributed by atoms with van der Waals surface area (Å²) in [7, 11) is 3.93. The number of hydrogen-bond acceptors (Lipinski definition) is 5.